The number of aromatic carboxylic acids is 1. The van der Waals surface area contributed by atoms with E-state index in [0.717, 1.165) is 25.7 Å². The van der Waals surface area contributed by atoms with Crippen molar-refractivity contribution >= 4 is 17.8 Å². The van der Waals surface area contributed by atoms with Crippen LogP contribution >= 0.6 is 0 Å². The number of halogens is 1. The van der Waals surface area contributed by atoms with Gasteiger partial charge in [-0.05, 0) is 42.5 Å². The van der Waals surface area contributed by atoms with Crippen molar-refractivity contribution in [2.75, 3.05) is 19.6 Å². The van der Waals surface area contributed by atoms with E-state index in [1.807, 2.05) is 0 Å². The van der Waals surface area contributed by atoms with Gasteiger partial charge in [0.25, 0.3) is 0 Å². The van der Waals surface area contributed by atoms with E-state index in [4.69, 9.17) is 0 Å². The minimum absolute atomic E-state index is 0.00584. The Labute approximate surface area is 151 Å². The van der Waals surface area contributed by atoms with Crippen LogP contribution in [-0.4, -0.2) is 52.3 Å². The lowest BCUT2D eigenvalue weighted by Crippen LogP contribution is -2.45. The second kappa shape index (κ2) is 7.85. The van der Waals surface area contributed by atoms with Gasteiger partial charge in [0.2, 0.25) is 11.8 Å². The number of likely N-dealkylation sites (tertiary alicyclic amines) is 1. The molecule has 1 saturated heterocycles. The van der Waals surface area contributed by atoms with Crippen molar-refractivity contribution in [3.63, 3.8) is 0 Å². The smallest absolute Gasteiger partial charge is 0.336 e. The van der Waals surface area contributed by atoms with Gasteiger partial charge >= 0.3 is 5.97 Å². The molecule has 6 nitrogen and oxygen atoms in total. The maximum absolute atomic E-state index is 14.0. The third-order valence-corrected chi connectivity index (χ3v) is 5.19. The molecule has 0 radical (unpaired) electrons. The summed E-state index contributed by atoms with van der Waals surface area (Å²) in [6.07, 6.45) is 4.57. The van der Waals surface area contributed by atoms with Gasteiger partial charge in [-0.25, -0.2) is 9.18 Å². The predicted molar refractivity (Wildman–Crippen MR) is 92.1 cm³/mol. The number of benzene rings is 1. The van der Waals surface area contributed by atoms with E-state index in [9.17, 15) is 23.9 Å². The van der Waals surface area contributed by atoms with Crippen LogP contribution in [-0.2, 0) is 22.6 Å². The van der Waals surface area contributed by atoms with Crippen molar-refractivity contribution in [3.05, 3.63) is 34.6 Å². The van der Waals surface area contributed by atoms with Gasteiger partial charge in [-0.15, -0.1) is 0 Å². The molecule has 0 saturated carbocycles. The lowest BCUT2D eigenvalue weighted by Gasteiger charge is -2.32. The van der Waals surface area contributed by atoms with E-state index in [0.29, 0.717) is 30.6 Å². The minimum Gasteiger partial charge on any atom is -0.478 e. The molecule has 0 atom stereocenters. The summed E-state index contributed by atoms with van der Waals surface area (Å²) in [7, 11) is 0. The Hall–Kier alpha value is -2.44. The number of amides is 2. The number of hydrogen-bond donors (Lipinski definition) is 1. The maximum atomic E-state index is 14.0. The number of carbonyl (C=O) groups excluding carboxylic acids is 2. The number of rotatable bonds is 3. The van der Waals surface area contributed by atoms with Crippen molar-refractivity contribution in [1.29, 1.82) is 0 Å². The summed E-state index contributed by atoms with van der Waals surface area (Å²) in [4.78, 5) is 39.4. The quantitative estimate of drug-likeness (QED) is 0.894. The number of nitrogens with zero attached hydrogens (tertiary/aromatic N) is 2. The highest BCUT2D eigenvalue weighted by Crippen LogP contribution is 2.26. The van der Waals surface area contributed by atoms with Crippen LogP contribution in [0.15, 0.2) is 12.1 Å². The fraction of sp³-hybridized carbons (Fsp3) is 0.526. The van der Waals surface area contributed by atoms with Crippen molar-refractivity contribution in [2.24, 2.45) is 0 Å². The van der Waals surface area contributed by atoms with Crippen LogP contribution in [0.3, 0.4) is 0 Å². The zero-order chi connectivity index (χ0) is 18.7. The number of carboxylic acids is 1. The summed E-state index contributed by atoms with van der Waals surface area (Å²) in [6.45, 7) is 0.972. The molecule has 2 aliphatic heterocycles. The molecule has 2 heterocycles. The largest absolute Gasteiger partial charge is 0.478 e. The topological polar surface area (TPSA) is 77.9 Å². The average molecular weight is 362 g/mol. The summed E-state index contributed by atoms with van der Waals surface area (Å²) >= 11 is 0. The lowest BCUT2D eigenvalue weighted by atomic mass is 9.94. The van der Waals surface area contributed by atoms with Crippen LogP contribution in [0.2, 0.25) is 0 Å². The van der Waals surface area contributed by atoms with Gasteiger partial charge in [-0.1, -0.05) is 12.8 Å². The molecule has 2 aliphatic rings. The summed E-state index contributed by atoms with van der Waals surface area (Å²) < 4.78 is 14.0. The summed E-state index contributed by atoms with van der Waals surface area (Å²) in [6, 6.07) is 2.41. The van der Waals surface area contributed by atoms with Gasteiger partial charge in [0.15, 0.2) is 0 Å². The molecule has 7 heteroatoms. The van der Waals surface area contributed by atoms with Crippen LogP contribution in [0.1, 0.15) is 53.6 Å². The molecule has 1 fully saturated rings. The first-order valence-corrected chi connectivity index (χ1v) is 9.06. The highest BCUT2D eigenvalue weighted by atomic mass is 19.1. The second-order valence-electron chi connectivity index (χ2n) is 6.90. The Balaban J connectivity index is 1.73. The normalized spacial score (nSPS) is 18.1. The van der Waals surface area contributed by atoms with Gasteiger partial charge in [0.1, 0.15) is 5.82 Å². The highest BCUT2D eigenvalue weighted by molar-refractivity contribution is 5.90. The Morgan fingerprint density at radius 2 is 1.81 bits per heavy atom. The molecule has 1 aromatic rings. The summed E-state index contributed by atoms with van der Waals surface area (Å²) in [5.41, 5.74) is 0.758. The molecule has 0 aliphatic carbocycles. The SMILES string of the molecule is O=C(O)c1ccc(F)c2c1CN(C(=O)CN1CCCCCCC1=O)CC2. The Morgan fingerprint density at radius 1 is 1.04 bits per heavy atom. The second-order valence-corrected chi connectivity index (χ2v) is 6.90. The Kier molecular flexibility index (Phi) is 5.54. The minimum atomic E-state index is -1.13. The molecule has 3 rings (SSSR count). The number of carboxylic acid groups (broad SMARTS) is 1. The molecule has 2 amide bonds. The first-order chi connectivity index (χ1) is 12.5. The van der Waals surface area contributed by atoms with Crippen molar-refractivity contribution in [1.82, 2.24) is 9.80 Å². The summed E-state index contributed by atoms with van der Waals surface area (Å²) in [5, 5.41) is 9.33. The fourth-order valence-electron chi connectivity index (χ4n) is 3.69. The van der Waals surface area contributed by atoms with E-state index in [1.54, 1.807) is 4.90 Å². The molecule has 0 bridgehead atoms. The molecular weight excluding hydrogens is 339 g/mol. The van der Waals surface area contributed by atoms with Gasteiger partial charge in [-0.2, -0.15) is 0 Å². The van der Waals surface area contributed by atoms with Crippen LogP contribution in [0.5, 0.6) is 0 Å². The standard InChI is InChI=1S/C19H23FN2O4/c20-16-7-6-14(19(25)26)15-11-22(10-8-13(15)16)18(24)12-21-9-4-2-1-3-5-17(21)23/h6-7H,1-5,8-12H2,(H,25,26). The molecule has 0 aromatic heterocycles. The molecule has 26 heavy (non-hydrogen) atoms. The molecule has 140 valence electrons. The first kappa shape index (κ1) is 18.4. The van der Waals surface area contributed by atoms with Gasteiger partial charge in [0, 0.05) is 26.1 Å². The zero-order valence-corrected chi connectivity index (χ0v) is 14.7. The van der Waals surface area contributed by atoms with E-state index in [2.05, 4.69) is 0 Å². The van der Waals surface area contributed by atoms with Crippen LogP contribution in [0.4, 0.5) is 4.39 Å². The van der Waals surface area contributed by atoms with Gasteiger partial charge in [-0.3, -0.25) is 9.59 Å². The van der Waals surface area contributed by atoms with Gasteiger partial charge < -0.3 is 14.9 Å². The first-order valence-electron chi connectivity index (χ1n) is 9.06. The van der Waals surface area contributed by atoms with E-state index < -0.39 is 11.8 Å². The number of hydrogen-bond acceptors (Lipinski definition) is 3. The third kappa shape index (κ3) is 3.86. The number of fused-ring (bicyclic) bond motifs is 1. The van der Waals surface area contributed by atoms with Crippen LogP contribution in [0, 0.1) is 5.82 Å². The zero-order valence-electron chi connectivity index (χ0n) is 14.7. The van der Waals surface area contributed by atoms with E-state index in [1.165, 1.54) is 17.0 Å². The van der Waals surface area contributed by atoms with Crippen molar-refractivity contribution < 1.29 is 23.9 Å². The maximum Gasteiger partial charge on any atom is 0.336 e. The highest BCUT2D eigenvalue weighted by Gasteiger charge is 2.28. The molecular formula is C19H23FN2O4. The van der Waals surface area contributed by atoms with Crippen molar-refractivity contribution in [3.8, 4) is 0 Å². The monoisotopic (exact) mass is 362 g/mol. The van der Waals surface area contributed by atoms with Crippen LogP contribution < -0.4 is 0 Å². The molecule has 1 aromatic carbocycles. The lowest BCUT2D eigenvalue weighted by molar-refractivity contribution is -0.141. The van der Waals surface area contributed by atoms with E-state index in [-0.39, 0.29) is 36.9 Å². The molecule has 0 unspecified atom stereocenters. The number of carbonyl (C=O) groups is 3. The predicted octanol–water partition coefficient (Wildman–Crippen LogP) is 2.20. The third-order valence-electron chi connectivity index (χ3n) is 5.19. The average Bonchev–Trinajstić information content (AvgIpc) is 2.61. The Morgan fingerprint density at radius 3 is 2.58 bits per heavy atom. The van der Waals surface area contributed by atoms with Crippen LogP contribution in [0.25, 0.3) is 0 Å². The van der Waals surface area contributed by atoms with Gasteiger partial charge in [0.05, 0.1) is 12.1 Å². The molecule has 0 spiro atoms. The fourth-order valence-corrected chi connectivity index (χ4v) is 3.69. The van der Waals surface area contributed by atoms with Crippen molar-refractivity contribution in [2.45, 2.75) is 45.1 Å². The summed E-state index contributed by atoms with van der Waals surface area (Å²) in [5.74, 6) is -1.79. The van der Waals surface area contributed by atoms with E-state index >= 15 is 0 Å². The Bertz CT molecular complexity index is 734. The molecule has 1 N–H and O–H groups in total.